The SMILES string of the molecule is CSC(SC)=C(C#N)c1ccc(Cl)nc1. The molecule has 0 fully saturated rings. The number of aromatic nitrogens is 1. The molecule has 0 atom stereocenters. The van der Waals surface area contributed by atoms with Crippen molar-refractivity contribution in [3.63, 3.8) is 0 Å². The Morgan fingerprint density at radius 2 is 2.07 bits per heavy atom. The van der Waals surface area contributed by atoms with Gasteiger partial charge in [0.1, 0.15) is 11.2 Å². The van der Waals surface area contributed by atoms with Crippen molar-refractivity contribution in [1.29, 1.82) is 5.26 Å². The number of nitriles is 1. The van der Waals surface area contributed by atoms with Gasteiger partial charge in [0.2, 0.25) is 0 Å². The van der Waals surface area contributed by atoms with Crippen LogP contribution in [0, 0.1) is 11.3 Å². The highest BCUT2D eigenvalue weighted by Gasteiger charge is 2.07. The molecule has 5 heteroatoms. The summed E-state index contributed by atoms with van der Waals surface area (Å²) in [5.74, 6) is 0. The number of nitrogens with zero attached hydrogens (tertiary/aromatic N) is 2. The third-order valence-electron chi connectivity index (χ3n) is 1.70. The fourth-order valence-corrected chi connectivity index (χ4v) is 2.55. The van der Waals surface area contributed by atoms with Crippen molar-refractivity contribution >= 4 is 40.7 Å². The highest BCUT2D eigenvalue weighted by atomic mass is 35.5. The molecule has 78 valence electrons. The lowest BCUT2D eigenvalue weighted by Gasteiger charge is -2.04. The van der Waals surface area contributed by atoms with Gasteiger partial charge < -0.3 is 0 Å². The van der Waals surface area contributed by atoms with Gasteiger partial charge in [-0.15, -0.1) is 23.5 Å². The fraction of sp³-hybridized carbons (Fsp3) is 0.200. The van der Waals surface area contributed by atoms with Crippen molar-refractivity contribution in [2.75, 3.05) is 12.5 Å². The fourth-order valence-electron chi connectivity index (χ4n) is 1.04. The average molecular weight is 257 g/mol. The molecule has 0 aromatic carbocycles. The number of allylic oxidation sites excluding steroid dienone is 1. The minimum atomic E-state index is 0.436. The molecule has 0 aliphatic rings. The van der Waals surface area contributed by atoms with Crippen molar-refractivity contribution in [3.8, 4) is 6.07 Å². The van der Waals surface area contributed by atoms with Gasteiger partial charge >= 0.3 is 0 Å². The van der Waals surface area contributed by atoms with E-state index in [-0.39, 0.29) is 0 Å². The van der Waals surface area contributed by atoms with E-state index in [1.165, 1.54) is 0 Å². The molecule has 0 radical (unpaired) electrons. The van der Waals surface area contributed by atoms with Gasteiger partial charge in [-0.3, -0.25) is 0 Å². The third kappa shape index (κ3) is 3.16. The predicted octanol–water partition coefficient (Wildman–Crippen LogP) is 3.65. The Morgan fingerprint density at radius 1 is 1.40 bits per heavy atom. The van der Waals surface area contributed by atoms with Gasteiger partial charge in [-0.05, 0) is 24.6 Å². The first kappa shape index (κ1) is 12.4. The highest BCUT2D eigenvalue weighted by molar-refractivity contribution is 8.21. The van der Waals surface area contributed by atoms with Crippen LogP contribution in [-0.2, 0) is 0 Å². The second kappa shape index (κ2) is 6.06. The summed E-state index contributed by atoms with van der Waals surface area (Å²) in [6, 6.07) is 5.69. The molecule has 0 saturated carbocycles. The van der Waals surface area contributed by atoms with Crippen LogP contribution in [0.5, 0.6) is 0 Å². The monoisotopic (exact) mass is 256 g/mol. The van der Waals surface area contributed by atoms with E-state index in [0.717, 1.165) is 9.80 Å². The Labute approximate surface area is 103 Å². The predicted molar refractivity (Wildman–Crippen MR) is 68.8 cm³/mol. The van der Waals surface area contributed by atoms with Gasteiger partial charge in [-0.2, -0.15) is 5.26 Å². The second-order valence-electron chi connectivity index (χ2n) is 2.55. The third-order valence-corrected chi connectivity index (χ3v) is 4.08. The molecule has 1 aromatic heterocycles. The zero-order chi connectivity index (χ0) is 11.3. The molecule has 1 heterocycles. The van der Waals surface area contributed by atoms with E-state index < -0.39 is 0 Å². The number of hydrogen-bond donors (Lipinski definition) is 0. The van der Waals surface area contributed by atoms with Crippen molar-refractivity contribution in [3.05, 3.63) is 33.3 Å². The minimum absolute atomic E-state index is 0.436. The first-order chi connectivity index (χ1) is 7.22. The average Bonchev–Trinajstić information content (AvgIpc) is 2.27. The molecule has 0 aliphatic carbocycles. The number of pyridine rings is 1. The summed E-state index contributed by atoms with van der Waals surface area (Å²) in [5, 5.41) is 9.52. The molecular weight excluding hydrogens is 248 g/mol. The molecule has 2 nitrogen and oxygen atoms in total. The highest BCUT2D eigenvalue weighted by Crippen LogP contribution is 2.32. The molecule has 0 amide bonds. The molecule has 0 N–H and O–H groups in total. The lowest BCUT2D eigenvalue weighted by Crippen LogP contribution is -1.86. The largest absolute Gasteiger partial charge is 0.244 e. The maximum Gasteiger partial charge on any atom is 0.129 e. The summed E-state index contributed by atoms with van der Waals surface area (Å²) in [6.45, 7) is 0. The number of halogens is 1. The number of hydrogen-bond acceptors (Lipinski definition) is 4. The van der Waals surface area contributed by atoms with Crippen LogP contribution in [0.3, 0.4) is 0 Å². The quantitative estimate of drug-likeness (QED) is 0.611. The number of rotatable bonds is 3. The Hall–Kier alpha value is -0.630. The van der Waals surface area contributed by atoms with E-state index in [4.69, 9.17) is 16.9 Å². The van der Waals surface area contributed by atoms with Gasteiger partial charge in [0.15, 0.2) is 0 Å². The first-order valence-corrected chi connectivity index (χ1v) is 6.90. The maximum absolute atomic E-state index is 9.09. The van der Waals surface area contributed by atoms with Gasteiger partial charge in [-0.25, -0.2) is 4.98 Å². The van der Waals surface area contributed by atoms with Gasteiger partial charge in [0.05, 0.1) is 9.81 Å². The zero-order valence-electron chi connectivity index (χ0n) is 8.32. The van der Waals surface area contributed by atoms with Crippen molar-refractivity contribution in [2.45, 2.75) is 0 Å². The van der Waals surface area contributed by atoms with Crippen molar-refractivity contribution in [1.82, 2.24) is 4.98 Å². The van der Waals surface area contributed by atoms with Gasteiger partial charge in [0, 0.05) is 11.8 Å². The molecule has 0 spiro atoms. The summed E-state index contributed by atoms with van der Waals surface area (Å²) in [5.41, 5.74) is 1.46. The standard InChI is InChI=1S/C10H9ClN2S2/c1-14-10(15-2)8(5-12)7-3-4-9(11)13-6-7/h3-4,6H,1-2H3. The molecule has 0 aliphatic heterocycles. The van der Waals surface area contributed by atoms with Gasteiger partial charge in [-0.1, -0.05) is 11.6 Å². The van der Waals surface area contributed by atoms with Crippen LogP contribution in [0.2, 0.25) is 5.15 Å². The molecule has 1 rings (SSSR count). The normalized spacial score (nSPS) is 9.47. The Kier molecular flexibility index (Phi) is 5.03. The molecule has 1 aromatic rings. The Bertz CT molecular complexity index is 400. The lowest BCUT2D eigenvalue weighted by atomic mass is 10.1. The topological polar surface area (TPSA) is 36.7 Å². The summed E-state index contributed by atoms with van der Waals surface area (Å²) in [7, 11) is 0. The zero-order valence-corrected chi connectivity index (χ0v) is 10.7. The van der Waals surface area contributed by atoms with Crippen LogP contribution in [0.15, 0.2) is 22.6 Å². The van der Waals surface area contributed by atoms with Crippen molar-refractivity contribution < 1.29 is 0 Å². The number of thioether (sulfide) groups is 2. The minimum Gasteiger partial charge on any atom is -0.244 e. The van der Waals surface area contributed by atoms with Crippen LogP contribution in [0.25, 0.3) is 5.57 Å². The summed E-state index contributed by atoms with van der Waals surface area (Å²) >= 11 is 8.81. The maximum atomic E-state index is 9.09. The molecular formula is C10H9ClN2S2. The Balaban J connectivity index is 3.19. The van der Waals surface area contributed by atoms with Crippen LogP contribution in [-0.4, -0.2) is 17.5 Å². The van der Waals surface area contributed by atoms with Crippen LogP contribution in [0.4, 0.5) is 0 Å². The first-order valence-electron chi connectivity index (χ1n) is 4.07. The van der Waals surface area contributed by atoms with Gasteiger partial charge in [0.25, 0.3) is 0 Å². The van der Waals surface area contributed by atoms with E-state index in [1.807, 2.05) is 12.5 Å². The Morgan fingerprint density at radius 3 is 2.47 bits per heavy atom. The van der Waals surface area contributed by atoms with Crippen LogP contribution in [0.1, 0.15) is 5.56 Å². The van der Waals surface area contributed by atoms with Crippen molar-refractivity contribution in [2.24, 2.45) is 0 Å². The second-order valence-corrected chi connectivity index (χ2v) is 4.83. The van der Waals surface area contributed by atoms with E-state index in [9.17, 15) is 0 Å². The van der Waals surface area contributed by atoms with E-state index in [1.54, 1.807) is 41.9 Å². The summed E-state index contributed by atoms with van der Waals surface area (Å²) in [6.07, 6.45) is 5.52. The lowest BCUT2D eigenvalue weighted by molar-refractivity contribution is 1.31. The molecule has 0 saturated heterocycles. The molecule has 0 bridgehead atoms. The van der Waals surface area contributed by atoms with E-state index in [0.29, 0.717) is 10.7 Å². The van der Waals surface area contributed by atoms with E-state index in [2.05, 4.69) is 11.1 Å². The molecule has 15 heavy (non-hydrogen) atoms. The summed E-state index contributed by atoms with van der Waals surface area (Å²) in [4.78, 5) is 3.96. The molecule has 0 unspecified atom stereocenters. The smallest absolute Gasteiger partial charge is 0.129 e. The van der Waals surface area contributed by atoms with Crippen LogP contribution < -0.4 is 0 Å². The van der Waals surface area contributed by atoms with E-state index >= 15 is 0 Å². The summed E-state index contributed by atoms with van der Waals surface area (Å²) < 4.78 is 0.988. The van der Waals surface area contributed by atoms with Crippen LogP contribution >= 0.6 is 35.1 Å².